The van der Waals surface area contributed by atoms with E-state index >= 15 is 0 Å². The Morgan fingerprint density at radius 3 is 2.47 bits per heavy atom. The number of benzene rings is 1. The fourth-order valence-electron chi connectivity index (χ4n) is 0.840. The van der Waals surface area contributed by atoms with Crippen molar-refractivity contribution in [3.63, 3.8) is 0 Å². The van der Waals surface area contributed by atoms with Crippen molar-refractivity contribution < 1.29 is 45.5 Å². The van der Waals surface area contributed by atoms with Gasteiger partial charge in [0.2, 0.25) is 0 Å². The van der Waals surface area contributed by atoms with Crippen LogP contribution in [0.25, 0.3) is 0 Å². The standard InChI is InChI=1S/C7H5F3O3S.Li/c8-4-2-1-3-5(13-7(9)10)6(4)14(11)12;/h1-3,7H,(H,11,12);/q;+1/p-1. The van der Waals surface area contributed by atoms with Gasteiger partial charge >= 0.3 is 25.5 Å². The summed E-state index contributed by atoms with van der Waals surface area (Å²) in [7, 11) is 0. The van der Waals surface area contributed by atoms with Crippen molar-refractivity contribution in [1.82, 2.24) is 0 Å². The molecule has 0 saturated carbocycles. The molecule has 0 aliphatic rings. The largest absolute Gasteiger partial charge is 1.00 e. The van der Waals surface area contributed by atoms with Gasteiger partial charge in [-0.25, -0.2) is 4.39 Å². The molecule has 0 bridgehead atoms. The predicted molar refractivity (Wildman–Crippen MR) is 40.2 cm³/mol. The van der Waals surface area contributed by atoms with Gasteiger partial charge in [0.15, 0.2) is 0 Å². The Bertz CT molecular complexity index is 361. The molecule has 0 saturated heterocycles. The minimum Gasteiger partial charge on any atom is -0.768 e. The van der Waals surface area contributed by atoms with Gasteiger partial charge in [-0.05, 0) is 23.2 Å². The molecule has 78 valence electrons. The number of hydrogen-bond donors (Lipinski definition) is 0. The number of alkyl halides is 2. The molecule has 1 aromatic rings. The quantitative estimate of drug-likeness (QED) is 0.479. The summed E-state index contributed by atoms with van der Waals surface area (Å²) in [6.45, 7) is -3.20. The van der Waals surface area contributed by atoms with Gasteiger partial charge < -0.3 is 9.29 Å². The maximum atomic E-state index is 12.8. The smallest absolute Gasteiger partial charge is 0.768 e. The molecular weight excluding hydrogens is 228 g/mol. The summed E-state index contributed by atoms with van der Waals surface area (Å²) in [6.07, 6.45) is 0. The Morgan fingerprint density at radius 2 is 2.00 bits per heavy atom. The van der Waals surface area contributed by atoms with Gasteiger partial charge in [0, 0.05) is 0 Å². The molecule has 15 heavy (non-hydrogen) atoms. The average molecular weight is 232 g/mol. The number of rotatable bonds is 3. The number of hydrogen-bond acceptors (Lipinski definition) is 3. The molecule has 0 radical (unpaired) electrons. The summed E-state index contributed by atoms with van der Waals surface area (Å²) in [5.74, 6) is -1.83. The normalized spacial score (nSPS) is 12.1. The Kier molecular flexibility index (Phi) is 5.98. The summed E-state index contributed by atoms with van der Waals surface area (Å²) in [4.78, 5) is -0.896. The molecule has 3 nitrogen and oxygen atoms in total. The van der Waals surface area contributed by atoms with E-state index in [9.17, 15) is 21.9 Å². The van der Waals surface area contributed by atoms with Gasteiger partial charge in [-0.15, -0.1) is 0 Å². The molecule has 0 amide bonds. The molecule has 0 heterocycles. The van der Waals surface area contributed by atoms with E-state index < -0.39 is 34.2 Å². The minimum atomic E-state index is -3.20. The average Bonchev–Trinajstić information content (AvgIpc) is 2.01. The Hall–Kier alpha value is -0.483. The van der Waals surface area contributed by atoms with E-state index in [0.717, 1.165) is 18.2 Å². The molecule has 0 aromatic heterocycles. The molecular formula is C7H4F3LiO3S. The zero-order chi connectivity index (χ0) is 10.7. The van der Waals surface area contributed by atoms with Gasteiger partial charge in [-0.2, -0.15) is 8.78 Å². The Labute approximate surface area is 98.1 Å². The summed E-state index contributed by atoms with van der Waals surface area (Å²) < 4.78 is 61.1. The van der Waals surface area contributed by atoms with Crippen molar-refractivity contribution in [1.29, 1.82) is 0 Å². The third-order valence-corrected chi connectivity index (χ3v) is 2.04. The van der Waals surface area contributed by atoms with Crippen molar-refractivity contribution in [3.8, 4) is 5.75 Å². The van der Waals surface area contributed by atoms with Crippen LogP contribution >= 0.6 is 0 Å². The number of halogens is 3. The van der Waals surface area contributed by atoms with Crippen molar-refractivity contribution in [3.05, 3.63) is 24.0 Å². The molecule has 1 aromatic carbocycles. The van der Waals surface area contributed by atoms with Crippen molar-refractivity contribution in [2.45, 2.75) is 11.5 Å². The van der Waals surface area contributed by atoms with Gasteiger partial charge in [-0.1, -0.05) is 6.07 Å². The molecule has 0 aliphatic carbocycles. The van der Waals surface area contributed by atoms with E-state index in [1.807, 2.05) is 0 Å². The SMILES string of the molecule is O=S([O-])c1c(F)cccc1OC(F)F.[Li+]. The first kappa shape index (κ1) is 14.5. The second-order valence-corrected chi connectivity index (χ2v) is 3.06. The topological polar surface area (TPSA) is 49.4 Å². The van der Waals surface area contributed by atoms with Crippen LogP contribution in [-0.2, 0) is 11.1 Å². The first-order chi connectivity index (χ1) is 6.52. The summed E-state index contributed by atoms with van der Waals surface area (Å²) >= 11 is -2.95. The first-order valence-electron chi connectivity index (χ1n) is 3.35. The van der Waals surface area contributed by atoms with Crippen LogP contribution in [0.2, 0.25) is 0 Å². The molecule has 1 unspecified atom stereocenters. The maximum absolute atomic E-state index is 12.8. The van der Waals surface area contributed by atoms with Crippen LogP contribution < -0.4 is 23.6 Å². The summed E-state index contributed by atoms with van der Waals surface area (Å²) in [6, 6.07) is 2.85. The second kappa shape index (κ2) is 6.18. The fourth-order valence-corrected chi connectivity index (χ4v) is 1.35. The van der Waals surface area contributed by atoms with E-state index in [-0.39, 0.29) is 18.9 Å². The third kappa shape index (κ3) is 3.87. The summed E-state index contributed by atoms with van der Waals surface area (Å²) in [5.41, 5.74) is 0. The molecule has 1 rings (SSSR count). The van der Waals surface area contributed by atoms with Gasteiger partial charge in [0.1, 0.15) is 16.5 Å². The molecule has 0 aliphatic heterocycles. The molecule has 0 fully saturated rings. The molecule has 0 N–H and O–H groups in total. The van der Waals surface area contributed by atoms with Gasteiger partial charge in [0.05, 0.1) is 0 Å². The number of ether oxygens (including phenoxy) is 1. The van der Waals surface area contributed by atoms with Crippen molar-refractivity contribution >= 4 is 11.1 Å². The van der Waals surface area contributed by atoms with Crippen LogP contribution in [0, 0.1) is 5.82 Å². The first-order valence-corrected chi connectivity index (χ1v) is 4.42. The minimum absolute atomic E-state index is 0. The molecule has 8 heteroatoms. The van der Waals surface area contributed by atoms with Gasteiger partial charge in [0.25, 0.3) is 0 Å². The van der Waals surface area contributed by atoms with Crippen LogP contribution in [0.5, 0.6) is 5.75 Å². The summed E-state index contributed by atoms with van der Waals surface area (Å²) in [5, 5.41) is 0. The predicted octanol–water partition coefficient (Wildman–Crippen LogP) is -1.33. The Morgan fingerprint density at radius 1 is 1.40 bits per heavy atom. The van der Waals surface area contributed by atoms with Crippen molar-refractivity contribution in [2.75, 3.05) is 0 Å². The van der Waals surface area contributed by atoms with E-state index in [4.69, 9.17) is 0 Å². The monoisotopic (exact) mass is 232 g/mol. The molecule has 1 atom stereocenters. The van der Waals surface area contributed by atoms with Crippen LogP contribution in [0.3, 0.4) is 0 Å². The zero-order valence-corrected chi connectivity index (χ0v) is 8.39. The Balaban J connectivity index is 0.00000196. The van der Waals surface area contributed by atoms with Crippen LogP contribution in [0.4, 0.5) is 13.2 Å². The van der Waals surface area contributed by atoms with Crippen LogP contribution in [0.15, 0.2) is 23.1 Å². The van der Waals surface area contributed by atoms with Crippen molar-refractivity contribution in [2.24, 2.45) is 0 Å². The second-order valence-electron chi connectivity index (χ2n) is 2.18. The van der Waals surface area contributed by atoms with E-state index in [2.05, 4.69) is 4.74 Å². The molecule has 0 spiro atoms. The van der Waals surface area contributed by atoms with Gasteiger partial charge in [-0.3, -0.25) is 4.21 Å². The van der Waals surface area contributed by atoms with Crippen LogP contribution in [-0.4, -0.2) is 15.4 Å². The van der Waals surface area contributed by atoms with E-state index in [0.29, 0.717) is 0 Å². The van der Waals surface area contributed by atoms with Crippen LogP contribution in [0.1, 0.15) is 0 Å². The fraction of sp³-hybridized carbons (Fsp3) is 0.143. The zero-order valence-electron chi connectivity index (χ0n) is 7.58. The van der Waals surface area contributed by atoms with E-state index in [1.54, 1.807) is 0 Å². The van der Waals surface area contributed by atoms with E-state index in [1.165, 1.54) is 0 Å². The maximum Gasteiger partial charge on any atom is 1.00 e. The third-order valence-electron chi connectivity index (χ3n) is 1.31.